The lowest BCUT2D eigenvalue weighted by Crippen LogP contribution is -2.39. The molecule has 0 spiro atoms. The van der Waals surface area contributed by atoms with E-state index in [0.717, 1.165) is 17.6 Å². The van der Waals surface area contributed by atoms with Crippen LogP contribution < -0.4 is 10.6 Å². The van der Waals surface area contributed by atoms with Crippen molar-refractivity contribution in [3.63, 3.8) is 0 Å². The van der Waals surface area contributed by atoms with Crippen LogP contribution in [0.4, 0.5) is 5.69 Å². The second-order valence-electron chi connectivity index (χ2n) is 5.87. The van der Waals surface area contributed by atoms with Gasteiger partial charge in [-0.1, -0.05) is 28.9 Å². The smallest absolute Gasteiger partial charge is 0.0414 e. The zero-order valence-corrected chi connectivity index (χ0v) is 14.4. The molecule has 3 nitrogen and oxygen atoms in total. The summed E-state index contributed by atoms with van der Waals surface area (Å²) in [5.41, 5.74) is 8.47. The van der Waals surface area contributed by atoms with Crippen LogP contribution in [0.5, 0.6) is 0 Å². The molecule has 112 valence electrons. The Morgan fingerprint density at radius 1 is 1.40 bits per heavy atom. The van der Waals surface area contributed by atoms with Crippen molar-refractivity contribution in [2.75, 3.05) is 31.6 Å². The lowest BCUT2D eigenvalue weighted by Gasteiger charge is -2.32. The SMILES string of the molecule is CCC1CN(C)CCCN1c1ccc(C(C)N)c(Br)c1. The summed E-state index contributed by atoms with van der Waals surface area (Å²) in [5.74, 6) is 0. The molecule has 1 aliphatic heterocycles. The molecule has 0 radical (unpaired) electrons. The van der Waals surface area contributed by atoms with Gasteiger partial charge in [0.1, 0.15) is 0 Å². The molecule has 1 aliphatic rings. The first kappa shape index (κ1) is 15.8. The average molecular weight is 340 g/mol. The third-order valence-electron chi connectivity index (χ3n) is 4.18. The van der Waals surface area contributed by atoms with Crippen molar-refractivity contribution in [3.05, 3.63) is 28.2 Å². The van der Waals surface area contributed by atoms with Gasteiger partial charge in [0.15, 0.2) is 0 Å². The number of hydrogen-bond acceptors (Lipinski definition) is 3. The van der Waals surface area contributed by atoms with E-state index in [-0.39, 0.29) is 6.04 Å². The number of rotatable bonds is 3. The van der Waals surface area contributed by atoms with E-state index in [2.05, 4.69) is 57.9 Å². The summed E-state index contributed by atoms with van der Waals surface area (Å²) in [7, 11) is 2.22. The highest BCUT2D eigenvalue weighted by Crippen LogP contribution is 2.29. The molecule has 0 amide bonds. The molecule has 2 atom stereocenters. The van der Waals surface area contributed by atoms with Gasteiger partial charge < -0.3 is 15.5 Å². The van der Waals surface area contributed by atoms with Crippen LogP contribution in [0.1, 0.15) is 38.3 Å². The minimum absolute atomic E-state index is 0.0654. The molecule has 1 saturated heterocycles. The second kappa shape index (κ2) is 6.92. The van der Waals surface area contributed by atoms with Crippen LogP contribution in [0.2, 0.25) is 0 Å². The third kappa shape index (κ3) is 3.54. The molecular formula is C16H26BrN3. The van der Waals surface area contributed by atoms with Gasteiger partial charge in [-0.3, -0.25) is 0 Å². The van der Waals surface area contributed by atoms with Gasteiger partial charge in [-0.2, -0.15) is 0 Å². The molecule has 0 saturated carbocycles. The molecule has 1 fully saturated rings. The van der Waals surface area contributed by atoms with Crippen molar-refractivity contribution in [3.8, 4) is 0 Å². The van der Waals surface area contributed by atoms with Crippen molar-refractivity contribution in [2.45, 2.75) is 38.8 Å². The van der Waals surface area contributed by atoms with Gasteiger partial charge in [-0.25, -0.2) is 0 Å². The molecule has 0 aromatic heterocycles. The molecule has 1 aromatic carbocycles. The standard InChI is InChI=1S/C16H26BrN3/c1-4-13-11-19(3)8-5-9-20(13)14-6-7-15(12(2)18)16(17)10-14/h6-7,10,12-13H,4-5,8-9,11,18H2,1-3H3. The minimum Gasteiger partial charge on any atom is -0.367 e. The van der Waals surface area contributed by atoms with Crippen LogP contribution in [0.15, 0.2) is 22.7 Å². The van der Waals surface area contributed by atoms with Crippen molar-refractivity contribution < 1.29 is 0 Å². The molecule has 0 aliphatic carbocycles. The van der Waals surface area contributed by atoms with Crippen LogP contribution in [0.25, 0.3) is 0 Å². The second-order valence-corrected chi connectivity index (χ2v) is 6.72. The first-order valence-corrected chi connectivity index (χ1v) is 8.32. The Bertz CT molecular complexity index is 447. The number of benzene rings is 1. The average Bonchev–Trinajstić information content (AvgIpc) is 2.59. The summed E-state index contributed by atoms with van der Waals surface area (Å²) in [6.07, 6.45) is 2.40. The maximum Gasteiger partial charge on any atom is 0.0414 e. The molecule has 2 rings (SSSR count). The lowest BCUT2D eigenvalue weighted by molar-refractivity contribution is 0.328. The van der Waals surface area contributed by atoms with Gasteiger partial charge in [0, 0.05) is 35.3 Å². The Kier molecular flexibility index (Phi) is 5.47. The summed E-state index contributed by atoms with van der Waals surface area (Å²) in [4.78, 5) is 5.00. The van der Waals surface area contributed by atoms with Gasteiger partial charge in [0.2, 0.25) is 0 Å². The molecular weight excluding hydrogens is 314 g/mol. The number of anilines is 1. The van der Waals surface area contributed by atoms with Gasteiger partial charge >= 0.3 is 0 Å². The highest BCUT2D eigenvalue weighted by molar-refractivity contribution is 9.10. The van der Waals surface area contributed by atoms with Crippen LogP contribution >= 0.6 is 15.9 Å². The summed E-state index contributed by atoms with van der Waals surface area (Å²) in [5, 5.41) is 0. The zero-order valence-electron chi connectivity index (χ0n) is 12.8. The highest BCUT2D eigenvalue weighted by Gasteiger charge is 2.22. The summed E-state index contributed by atoms with van der Waals surface area (Å²) in [6, 6.07) is 7.27. The fourth-order valence-corrected chi connectivity index (χ4v) is 3.72. The van der Waals surface area contributed by atoms with E-state index in [4.69, 9.17) is 5.73 Å². The van der Waals surface area contributed by atoms with Gasteiger partial charge in [0.25, 0.3) is 0 Å². The predicted octanol–water partition coefficient (Wildman–Crippen LogP) is 3.39. The predicted molar refractivity (Wildman–Crippen MR) is 90.3 cm³/mol. The fourth-order valence-electron chi connectivity index (χ4n) is 3.00. The van der Waals surface area contributed by atoms with E-state index in [0.29, 0.717) is 6.04 Å². The lowest BCUT2D eigenvalue weighted by atomic mass is 10.1. The van der Waals surface area contributed by atoms with Crippen LogP contribution in [-0.2, 0) is 0 Å². The molecule has 2 N–H and O–H groups in total. The Morgan fingerprint density at radius 2 is 2.15 bits per heavy atom. The first-order chi connectivity index (χ1) is 9.52. The van der Waals surface area contributed by atoms with E-state index >= 15 is 0 Å². The van der Waals surface area contributed by atoms with Crippen LogP contribution in [0.3, 0.4) is 0 Å². The largest absolute Gasteiger partial charge is 0.367 e. The van der Waals surface area contributed by atoms with E-state index < -0.39 is 0 Å². The fraction of sp³-hybridized carbons (Fsp3) is 0.625. The Balaban J connectivity index is 2.26. The van der Waals surface area contributed by atoms with E-state index in [1.807, 2.05) is 6.92 Å². The van der Waals surface area contributed by atoms with Crippen molar-refractivity contribution >= 4 is 21.6 Å². The van der Waals surface area contributed by atoms with E-state index in [9.17, 15) is 0 Å². The van der Waals surface area contributed by atoms with Gasteiger partial charge in [0.05, 0.1) is 0 Å². The first-order valence-electron chi connectivity index (χ1n) is 7.53. The number of nitrogens with zero attached hydrogens (tertiary/aromatic N) is 2. The van der Waals surface area contributed by atoms with Crippen LogP contribution in [0, 0.1) is 0 Å². The molecule has 2 unspecified atom stereocenters. The number of hydrogen-bond donors (Lipinski definition) is 1. The topological polar surface area (TPSA) is 32.5 Å². The Morgan fingerprint density at radius 3 is 2.75 bits per heavy atom. The van der Waals surface area contributed by atoms with Crippen molar-refractivity contribution in [1.82, 2.24) is 4.90 Å². The molecule has 20 heavy (non-hydrogen) atoms. The normalized spacial score (nSPS) is 22.6. The molecule has 4 heteroatoms. The summed E-state index contributed by atoms with van der Waals surface area (Å²) >= 11 is 3.67. The Hall–Kier alpha value is -0.580. The van der Waals surface area contributed by atoms with Crippen molar-refractivity contribution in [1.29, 1.82) is 0 Å². The maximum absolute atomic E-state index is 5.99. The van der Waals surface area contributed by atoms with E-state index in [1.54, 1.807) is 0 Å². The third-order valence-corrected chi connectivity index (χ3v) is 4.87. The monoisotopic (exact) mass is 339 g/mol. The van der Waals surface area contributed by atoms with Gasteiger partial charge in [-0.05, 0) is 51.1 Å². The van der Waals surface area contributed by atoms with E-state index in [1.165, 1.54) is 30.6 Å². The highest BCUT2D eigenvalue weighted by atomic mass is 79.9. The Labute approximate surface area is 131 Å². The summed E-state index contributed by atoms with van der Waals surface area (Å²) in [6.45, 7) is 7.76. The molecule has 1 heterocycles. The van der Waals surface area contributed by atoms with Crippen LogP contribution in [-0.4, -0.2) is 37.6 Å². The quantitative estimate of drug-likeness (QED) is 0.916. The number of nitrogens with two attached hydrogens (primary N) is 1. The summed E-state index contributed by atoms with van der Waals surface area (Å²) < 4.78 is 1.12. The maximum atomic E-state index is 5.99. The minimum atomic E-state index is 0.0654. The molecule has 1 aromatic rings. The number of likely N-dealkylation sites (N-methyl/N-ethyl adjacent to an activating group) is 1. The van der Waals surface area contributed by atoms with Crippen molar-refractivity contribution in [2.24, 2.45) is 5.73 Å². The van der Waals surface area contributed by atoms with Gasteiger partial charge in [-0.15, -0.1) is 0 Å². The zero-order chi connectivity index (χ0) is 14.7. The number of halogens is 1. The molecule has 0 bridgehead atoms.